The van der Waals surface area contributed by atoms with Crippen LogP contribution in [0.5, 0.6) is 0 Å². The van der Waals surface area contributed by atoms with Crippen molar-refractivity contribution in [1.82, 2.24) is 0 Å². The van der Waals surface area contributed by atoms with Gasteiger partial charge >= 0.3 is 0 Å². The maximum atomic E-state index is 2.57. The van der Waals surface area contributed by atoms with Crippen molar-refractivity contribution in [2.75, 3.05) is 18.0 Å². The first kappa shape index (κ1) is 20.3. The number of rotatable bonds is 3. The first-order chi connectivity index (χ1) is 11.2. The molecule has 1 heterocycles. The SMILES string of the molecule is C.CC.Cc1ccc(Cc2ccccc2N2CCCCC2)c(C)c1. The number of piperidine rings is 1. The zero-order valence-electron chi connectivity index (χ0n) is 15.2. The highest BCUT2D eigenvalue weighted by Crippen LogP contribution is 2.27. The van der Waals surface area contributed by atoms with Gasteiger partial charge in [-0.1, -0.05) is 63.2 Å². The molecule has 0 bridgehead atoms. The van der Waals surface area contributed by atoms with E-state index in [2.05, 4.69) is 61.2 Å². The highest BCUT2D eigenvalue weighted by atomic mass is 15.1. The summed E-state index contributed by atoms with van der Waals surface area (Å²) in [6, 6.07) is 15.7. The standard InChI is InChI=1S/C20H25N.C2H6.CH4/c1-16-10-11-18(17(2)14-16)15-19-8-4-5-9-20(19)21-12-6-3-7-13-21;1-2;/h4-5,8-11,14H,3,6-7,12-13,15H2,1-2H3;1-2H3;1H4. The fourth-order valence-electron chi connectivity index (χ4n) is 3.35. The molecular weight excluding hydrogens is 290 g/mol. The predicted octanol–water partition coefficient (Wildman–Crippen LogP) is 6.55. The van der Waals surface area contributed by atoms with Gasteiger partial charge in [0.2, 0.25) is 0 Å². The molecule has 0 aromatic heterocycles. The number of nitrogens with zero attached hydrogens (tertiary/aromatic N) is 1. The fraction of sp³-hybridized carbons (Fsp3) is 0.478. The van der Waals surface area contributed by atoms with Gasteiger partial charge in [-0.15, -0.1) is 0 Å². The quantitative estimate of drug-likeness (QED) is 0.618. The largest absolute Gasteiger partial charge is 0.371 e. The molecule has 0 aliphatic carbocycles. The topological polar surface area (TPSA) is 3.24 Å². The molecule has 0 atom stereocenters. The highest BCUT2D eigenvalue weighted by molar-refractivity contribution is 5.55. The van der Waals surface area contributed by atoms with E-state index in [1.165, 1.54) is 60.3 Å². The van der Waals surface area contributed by atoms with E-state index in [9.17, 15) is 0 Å². The van der Waals surface area contributed by atoms with Gasteiger partial charge < -0.3 is 4.90 Å². The van der Waals surface area contributed by atoms with Gasteiger partial charge in [0.1, 0.15) is 0 Å². The lowest BCUT2D eigenvalue weighted by molar-refractivity contribution is 0.576. The van der Waals surface area contributed by atoms with E-state index in [0.717, 1.165) is 6.42 Å². The molecule has 1 aliphatic heterocycles. The Hall–Kier alpha value is -1.76. The molecule has 1 nitrogen and oxygen atoms in total. The van der Waals surface area contributed by atoms with Gasteiger partial charge in [0.15, 0.2) is 0 Å². The van der Waals surface area contributed by atoms with Crippen molar-refractivity contribution in [2.45, 2.75) is 60.8 Å². The van der Waals surface area contributed by atoms with Gasteiger partial charge in [-0.3, -0.25) is 0 Å². The lowest BCUT2D eigenvalue weighted by Gasteiger charge is -2.30. The van der Waals surface area contributed by atoms with Crippen molar-refractivity contribution in [3.63, 3.8) is 0 Å². The molecule has 0 N–H and O–H groups in total. The summed E-state index contributed by atoms with van der Waals surface area (Å²) in [6.07, 6.45) is 5.09. The van der Waals surface area contributed by atoms with Crippen LogP contribution in [0.25, 0.3) is 0 Å². The molecule has 1 aliphatic rings. The Bertz CT molecular complexity index is 609. The van der Waals surface area contributed by atoms with Gasteiger partial charge in [0.25, 0.3) is 0 Å². The third-order valence-electron chi connectivity index (χ3n) is 4.57. The first-order valence-corrected chi connectivity index (χ1v) is 9.13. The normalized spacial score (nSPS) is 13.6. The van der Waals surface area contributed by atoms with E-state index >= 15 is 0 Å². The fourth-order valence-corrected chi connectivity index (χ4v) is 3.35. The summed E-state index contributed by atoms with van der Waals surface area (Å²) in [4.78, 5) is 2.57. The van der Waals surface area contributed by atoms with Crippen LogP contribution in [0, 0.1) is 13.8 Å². The summed E-state index contributed by atoms with van der Waals surface area (Å²) in [6.45, 7) is 10.8. The van der Waals surface area contributed by atoms with Crippen molar-refractivity contribution >= 4 is 5.69 Å². The minimum Gasteiger partial charge on any atom is -0.371 e. The van der Waals surface area contributed by atoms with E-state index in [0.29, 0.717) is 0 Å². The van der Waals surface area contributed by atoms with Crippen LogP contribution in [0.15, 0.2) is 42.5 Å². The van der Waals surface area contributed by atoms with Crippen LogP contribution in [0.4, 0.5) is 5.69 Å². The monoisotopic (exact) mass is 325 g/mol. The smallest absolute Gasteiger partial charge is 0.0402 e. The van der Waals surface area contributed by atoms with E-state index in [1.54, 1.807) is 0 Å². The van der Waals surface area contributed by atoms with Crippen LogP contribution in [0.3, 0.4) is 0 Å². The zero-order valence-corrected chi connectivity index (χ0v) is 15.2. The predicted molar refractivity (Wildman–Crippen MR) is 109 cm³/mol. The average Bonchev–Trinajstić information content (AvgIpc) is 2.60. The van der Waals surface area contributed by atoms with Crippen LogP contribution in [0.2, 0.25) is 0 Å². The first-order valence-electron chi connectivity index (χ1n) is 9.13. The highest BCUT2D eigenvalue weighted by Gasteiger charge is 2.14. The van der Waals surface area contributed by atoms with Gasteiger partial charge in [-0.25, -0.2) is 0 Å². The molecule has 0 spiro atoms. The Kier molecular flexibility index (Phi) is 8.60. The van der Waals surface area contributed by atoms with Gasteiger partial charge in [-0.2, -0.15) is 0 Å². The third-order valence-corrected chi connectivity index (χ3v) is 4.57. The molecule has 0 amide bonds. The Labute approximate surface area is 149 Å². The minimum atomic E-state index is 0. The van der Waals surface area contributed by atoms with Gasteiger partial charge in [-0.05, 0) is 62.3 Å². The lowest BCUT2D eigenvalue weighted by atomic mass is 9.97. The van der Waals surface area contributed by atoms with Gasteiger partial charge in [0, 0.05) is 18.8 Å². The van der Waals surface area contributed by atoms with Gasteiger partial charge in [0.05, 0.1) is 0 Å². The Balaban J connectivity index is 0.000000925. The average molecular weight is 326 g/mol. The summed E-state index contributed by atoms with van der Waals surface area (Å²) in [5.41, 5.74) is 7.11. The Morgan fingerprint density at radius 3 is 2.17 bits per heavy atom. The van der Waals surface area contributed by atoms with Crippen LogP contribution in [-0.4, -0.2) is 13.1 Å². The lowest BCUT2D eigenvalue weighted by Crippen LogP contribution is -2.30. The zero-order chi connectivity index (χ0) is 16.7. The molecular formula is C23H35N. The van der Waals surface area contributed by atoms with E-state index in [-0.39, 0.29) is 7.43 Å². The second-order valence-electron chi connectivity index (χ2n) is 6.28. The van der Waals surface area contributed by atoms with Crippen molar-refractivity contribution < 1.29 is 0 Å². The summed E-state index contributed by atoms with van der Waals surface area (Å²) >= 11 is 0. The maximum Gasteiger partial charge on any atom is 0.0402 e. The molecule has 0 radical (unpaired) electrons. The van der Waals surface area contributed by atoms with Crippen LogP contribution < -0.4 is 4.90 Å². The van der Waals surface area contributed by atoms with Crippen molar-refractivity contribution in [1.29, 1.82) is 0 Å². The van der Waals surface area contributed by atoms with Crippen LogP contribution in [-0.2, 0) is 6.42 Å². The van der Waals surface area contributed by atoms with E-state index in [4.69, 9.17) is 0 Å². The van der Waals surface area contributed by atoms with E-state index in [1.807, 2.05) is 13.8 Å². The molecule has 1 saturated heterocycles. The Morgan fingerprint density at radius 1 is 0.833 bits per heavy atom. The molecule has 3 rings (SSSR count). The maximum absolute atomic E-state index is 2.57. The molecule has 132 valence electrons. The number of hydrogen-bond donors (Lipinski definition) is 0. The number of aryl methyl sites for hydroxylation is 2. The summed E-state index contributed by atoms with van der Waals surface area (Å²) in [7, 11) is 0. The third kappa shape index (κ3) is 5.12. The molecule has 24 heavy (non-hydrogen) atoms. The second-order valence-corrected chi connectivity index (χ2v) is 6.28. The number of hydrogen-bond acceptors (Lipinski definition) is 1. The number of benzene rings is 2. The second kappa shape index (κ2) is 10.2. The molecule has 1 heteroatoms. The van der Waals surface area contributed by atoms with Crippen molar-refractivity contribution in [2.24, 2.45) is 0 Å². The van der Waals surface area contributed by atoms with Crippen LogP contribution in [0.1, 0.15) is 62.8 Å². The summed E-state index contributed by atoms with van der Waals surface area (Å²) in [5, 5.41) is 0. The molecule has 2 aromatic rings. The molecule has 2 aromatic carbocycles. The minimum absolute atomic E-state index is 0. The van der Waals surface area contributed by atoms with E-state index < -0.39 is 0 Å². The number of para-hydroxylation sites is 1. The molecule has 0 unspecified atom stereocenters. The Morgan fingerprint density at radius 2 is 1.50 bits per heavy atom. The van der Waals surface area contributed by atoms with Crippen molar-refractivity contribution in [3.8, 4) is 0 Å². The summed E-state index contributed by atoms with van der Waals surface area (Å²) in [5.74, 6) is 0. The molecule has 1 fully saturated rings. The molecule has 0 saturated carbocycles. The number of anilines is 1. The summed E-state index contributed by atoms with van der Waals surface area (Å²) < 4.78 is 0. The van der Waals surface area contributed by atoms with Crippen molar-refractivity contribution in [3.05, 3.63) is 64.7 Å². The van der Waals surface area contributed by atoms with Crippen LogP contribution >= 0.6 is 0 Å².